The van der Waals surface area contributed by atoms with Gasteiger partial charge >= 0.3 is 0 Å². The average molecular weight is 280 g/mol. The average Bonchev–Trinajstić information content (AvgIpc) is 2.16. The predicted molar refractivity (Wildman–Crippen MR) is 71.7 cm³/mol. The molecule has 16 heavy (non-hydrogen) atoms. The molecule has 0 amide bonds. The molecule has 0 fully saturated rings. The van der Waals surface area contributed by atoms with Crippen LogP contribution in [0.3, 0.4) is 0 Å². The van der Waals surface area contributed by atoms with Crippen molar-refractivity contribution in [1.82, 2.24) is 0 Å². The van der Waals surface area contributed by atoms with E-state index in [1.165, 1.54) is 18.0 Å². The maximum absolute atomic E-state index is 10.9. The van der Waals surface area contributed by atoms with E-state index in [9.17, 15) is 8.42 Å². The highest BCUT2D eigenvalue weighted by Crippen LogP contribution is 2.23. The van der Waals surface area contributed by atoms with Gasteiger partial charge in [-0.25, -0.2) is 8.42 Å². The summed E-state index contributed by atoms with van der Waals surface area (Å²) in [7, 11) is -2.88. The molecule has 1 rings (SSSR count). The monoisotopic (exact) mass is 279 g/mol. The van der Waals surface area contributed by atoms with Crippen molar-refractivity contribution in [3.8, 4) is 0 Å². The van der Waals surface area contributed by atoms with Crippen molar-refractivity contribution in [2.45, 2.75) is 5.75 Å². The molecule has 0 spiro atoms. The summed E-state index contributed by atoms with van der Waals surface area (Å²) in [6, 6.07) is 5.31. The highest BCUT2D eigenvalue weighted by Gasteiger charge is 2.04. The molecule has 0 atom stereocenters. The zero-order chi connectivity index (χ0) is 12.2. The number of sulfone groups is 1. The Morgan fingerprint density at radius 2 is 2.12 bits per heavy atom. The minimum atomic E-state index is -2.88. The Kier molecular flexibility index (Phi) is 4.95. The van der Waals surface area contributed by atoms with Crippen molar-refractivity contribution >= 4 is 38.9 Å². The van der Waals surface area contributed by atoms with Gasteiger partial charge in [0.2, 0.25) is 0 Å². The molecule has 0 saturated heterocycles. The van der Waals surface area contributed by atoms with E-state index in [4.69, 9.17) is 17.3 Å². The van der Waals surface area contributed by atoms with Crippen LogP contribution in [0, 0.1) is 0 Å². The predicted octanol–water partition coefficient (Wildman–Crippen LogP) is 2.20. The van der Waals surface area contributed by atoms with Gasteiger partial charge in [0.05, 0.1) is 5.75 Å². The summed E-state index contributed by atoms with van der Waals surface area (Å²) < 4.78 is 21.8. The number of thioether (sulfide) groups is 1. The van der Waals surface area contributed by atoms with Gasteiger partial charge in [-0.1, -0.05) is 11.6 Å². The highest BCUT2D eigenvalue weighted by atomic mass is 35.5. The zero-order valence-corrected chi connectivity index (χ0v) is 11.3. The number of anilines is 1. The van der Waals surface area contributed by atoms with Gasteiger partial charge in [-0.05, 0) is 23.8 Å². The van der Waals surface area contributed by atoms with E-state index in [-0.39, 0.29) is 5.75 Å². The van der Waals surface area contributed by atoms with E-state index < -0.39 is 9.84 Å². The Morgan fingerprint density at radius 1 is 1.44 bits per heavy atom. The summed E-state index contributed by atoms with van der Waals surface area (Å²) in [5.74, 6) is 1.45. The molecule has 0 aliphatic carbocycles. The molecule has 0 heterocycles. The van der Waals surface area contributed by atoms with E-state index in [1.807, 2.05) is 6.07 Å². The second kappa shape index (κ2) is 5.80. The quantitative estimate of drug-likeness (QED) is 0.663. The maximum atomic E-state index is 10.9. The van der Waals surface area contributed by atoms with Gasteiger partial charge in [-0.3, -0.25) is 0 Å². The Balaban J connectivity index is 2.46. The second-order valence-electron chi connectivity index (χ2n) is 3.53. The third-order valence-corrected chi connectivity index (χ3v) is 4.51. The van der Waals surface area contributed by atoms with Crippen LogP contribution in [0.25, 0.3) is 0 Å². The molecule has 0 aliphatic rings. The summed E-state index contributed by atoms with van der Waals surface area (Å²) in [4.78, 5) is 0. The standard InChI is InChI=1S/C10H14ClNO2S2/c1-16(13,14)5-4-15-7-8-6-9(12)2-3-10(8)11/h2-3,6H,4-5,7,12H2,1H3. The first-order valence-corrected chi connectivity index (χ1v) is 8.27. The molecule has 0 unspecified atom stereocenters. The lowest BCUT2D eigenvalue weighted by atomic mass is 10.2. The van der Waals surface area contributed by atoms with Crippen molar-refractivity contribution in [3.63, 3.8) is 0 Å². The molecule has 0 radical (unpaired) electrons. The SMILES string of the molecule is CS(=O)(=O)CCSCc1cc(N)ccc1Cl. The van der Waals surface area contributed by atoms with Crippen molar-refractivity contribution < 1.29 is 8.42 Å². The number of rotatable bonds is 5. The van der Waals surface area contributed by atoms with Crippen LogP contribution in [0.2, 0.25) is 5.02 Å². The fourth-order valence-electron chi connectivity index (χ4n) is 1.10. The topological polar surface area (TPSA) is 60.2 Å². The van der Waals surface area contributed by atoms with E-state index in [0.717, 1.165) is 5.56 Å². The lowest BCUT2D eigenvalue weighted by Crippen LogP contribution is -2.05. The third-order valence-electron chi connectivity index (χ3n) is 1.93. The largest absolute Gasteiger partial charge is 0.399 e. The Bertz CT molecular complexity index is 460. The van der Waals surface area contributed by atoms with Crippen LogP contribution in [0.1, 0.15) is 5.56 Å². The summed E-state index contributed by atoms with van der Waals surface area (Å²) in [6.45, 7) is 0. The molecular formula is C10H14ClNO2S2. The van der Waals surface area contributed by atoms with E-state index in [2.05, 4.69) is 0 Å². The zero-order valence-electron chi connectivity index (χ0n) is 8.94. The number of nitrogen functional groups attached to an aromatic ring is 1. The minimum absolute atomic E-state index is 0.192. The lowest BCUT2D eigenvalue weighted by Gasteiger charge is -2.05. The molecule has 2 N–H and O–H groups in total. The van der Waals surface area contributed by atoms with Crippen LogP contribution in [0.5, 0.6) is 0 Å². The fourth-order valence-corrected chi connectivity index (χ4v) is 3.65. The minimum Gasteiger partial charge on any atom is -0.399 e. The Hall–Kier alpha value is -0.390. The molecule has 90 valence electrons. The van der Waals surface area contributed by atoms with Crippen LogP contribution in [-0.4, -0.2) is 26.2 Å². The van der Waals surface area contributed by atoms with Gasteiger partial charge < -0.3 is 5.73 Å². The van der Waals surface area contributed by atoms with Gasteiger partial charge in [0.1, 0.15) is 9.84 Å². The number of benzene rings is 1. The second-order valence-corrected chi connectivity index (χ2v) is 7.31. The molecule has 0 saturated carbocycles. The van der Waals surface area contributed by atoms with Gasteiger partial charge in [-0.15, -0.1) is 0 Å². The van der Waals surface area contributed by atoms with E-state index in [0.29, 0.717) is 22.2 Å². The van der Waals surface area contributed by atoms with Gasteiger partial charge in [-0.2, -0.15) is 11.8 Å². The van der Waals surface area contributed by atoms with Crippen molar-refractivity contribution in [2.75, 3.05) is 23.5 Å². The number of hydrogen-bond acceptors (Lipinski definition) is 4. The summed E-state index contributed by atoms with van der Waals surface area (Å²) >= 11 is 7.51. The van der Waals surface area contributed by atoms with Crippen LogP contribution >= 0.6 is 23.4 Å². The lowest BCUT2D eigenvalue weighted by molar-refractivity contribution is 0.603. The Labute approximate surface area is 105 Å². The van der Waals surface area contributed by atoms with Gasteiger partial charge in [0, 0.05) is 28.5 Å². The fraction of sp³-hybridized carbons (Fsp3) is 0.400. The molecular weight excluding hydrogens is 266 g/mol. The van der Waals surface area contributed by atoms with Gasteiger partial charge in [0.25, 0.3) is 0 Å². The normalized spacial score (nSPS) is 11.6. The first kappa shape index (κ1) is 13.7. The summed E-state index contributed by atoms with van der Waals surface area (Å²) in [5, 5.41) is 0.668. The van der Waals surface area contributed by atoms with E-state index in [1.54, 1.807) is 12.1 Å². The van der Waals surface area contributed by atoms with Crippen molar-refractivity contribution in [3.05, 3.63) is 28.8 Å². The smallest absolute Gasteiger partial charge is 0.148 e. The maximum Gasteiger partial charge on any atom is 0.148 e. The molecule has 0 aliphatic heterocycles. The van der Waals surface area contributed by atoms with Crippen molar-refractivity contribution in [1.29, 1.82) is 0 Å². The van der Waals surface area contributed by atoms with Crippen LogP contribution in [-0.2, 0) is 15.6 Å². The highest BCUT2D eigenvalue weighted by molar-refractivity contribution is 7.99. The molecule has 6 heteroatoms. The first-order valence-electron chi connectivity index (χ1n) is 4.68. The Morgan fingerprint density at radius 3 is 2.75 bits per heavy atom. The third kappa shape index (κ3) is 5.09. The first-order chi connectivity index (χ1) is 7.38. The number of halogens is 1. The van der Waals surface area contributed by atoms with Crippen molar-refractivity contribution in [2.24, 2.45) is 0 Å². The summed E-state index contributed by atoms with van der Waals surface area (Å²) in [5.41, 5.74) is 7.25. The number of nitrogens with two attached hydrogens (primary N) is 1. The summed E-state index contributed by atoms with van der Waals surface area (Å²) in [6.07, 6.45) is 1.24. The molecule has 0 aromatic heterocycles. The molecule has 1 aromatic rings. The molecule has 3 nitrogen and oxygen atoms in total. The van der Waals surface area contributed by atoms with Gasteiger partial charge in [0.15, 0.2) is 0 Å². The molecule has 1 aromatic carbocycles. The van der Waals surface area contributed by atoms with Crippen LogP contribution in [0.15, 0.2) is 18.2 Å². The van der Waals surface area contributed by atoms with E-state index >= 15 is 0 Å². The van der Waals surface area contributed by atoms with Crippen LogP contribution < -0.4 is 5.73 Å². The van der Waals surface area contributed by atoms with Crippen LogP contribution in [0.4, 0.5) is 5.69 Å². The number of hydrogen-bond donors (Lipinski definition) is 1. The molecule has 0 bridgehead atoms.